The van der Waals surface area contributed by atoms with Crippen molar-refractivity contribution in [2.45, 2.75) is 82.5 Å². The predicted octanol–water partition coefficient (Wildman–Crippen LogP) is 4.21. The van der Waals surface area contributed by atoms with Gasteiger partial charge in [-0.05, 0) is 69.9 Å². The van der Waals surface area contributed by atoms with Crippen LogP contribution in [0.15, 0.2) is 6.33 Å². The van der Waals surface area contributed by atoms with Crippen LogP contribution in [0.5, 0.6) is 5.88 Å². The molecule has 150 valence electrons. The molecule has 0 aromatic carbocycles. The fraction of sp³-hybridized carbons (Fsp3) is 0.700. The van der Waals surface area contributed by atoms with Gasteiger partial charge in [0, 0.05) is 10.9 Å². The van der Waals surface area contributed by atoms with Gasteiger partial charge in [0.05, 0.1) is 11.5 Å². The van der Waals surface area contributed by atoms with E-state index in [1.54, 1.807) is 17.7 Å². The summed E-state index contributed by atoms with van der Waals surface area (Å²) in [5.41, 5.74) is 1.36. The summed E-state index contributed by atoms with van der Waals surface area (Å²) in [4.78, 5) is 11.5. The van der Waals surface area contributed by atoms with Crippen molar-refractivity contribution in [2.24, 2.45) is 0 Å². The molecule has 1 saturated carbocycles. The van der Waals surface area contributed by atoms with Crippen molar-refractivity contribution < 1.29 is 9.84 Å². The van der Waals surface area contributed by atoms with Gasteiger partial charge in [0.25, 0.3) is 0 Å². The molecule has 4 rings (SSSR count). The molecule has 7 heteroatoms. The van der Waals surface area contributed by atoms with E-state index in [2.05, 4.69) is 15.3 Å². The second-order valence-electron chi connectivity index (χ2n) is 7.71. The maximum absolute atomic E-state index is 10.2. The fourth-order valence-electron chi connectivity index (χ4n) is 4.49. The zero-order valence-corrected chi connectivity index (χ0v) is 17.7. The van der Waals surface area contributed by atoms with Crippen LogP contribution < -0.4 is 10.1 Å². The maximum atomic E-state index is 10.2. The average Bonchev–Trinajstić information content (AvgIpc) is 3.22. The monoisotopic (exact) mass is 411 g/mol. The van der Waals surface area contributed by atoms with Gasteiger partial charge in [0.2, 0.25) is 5.88 Å². The number of halogens is 1. The molecule has 0 radical (unpaired) electrons. The Balaban J connectivity index is 0.00000210. The van der Waals surface area contributed by atoms with E-state index in [1.807, 2.05) is 14.0 Å². The number of hydrogen-bond donors (Lipinski definition) is 2. The van der Waals surface area contributed by atoms with Crippen LogP contribution in [0.4, 0.5) is 0 Å². The predicted molar refractivity (Wildman–Crippen MR) is 112 cm³/mol. The van der Waals surface area contributed by atoms with Gasteiger partial charge >= 0.3 is 0 Å². The van der Waals surface area contributed by atoms with Gasteiger partial charge in [0.15, 0.2) is 0 Å². The maximum Gasteiger partial charge on any atom is 0.225 e. The summed E-state index contributed by atoms with van der Waals surface area (Å²) in [6, 6.07) is 0.616. The molecule has 2 aliphatic rings. The van der Waals surface area contributed by atoms with Crippen molar-refractivity contribution >= 4 is 34.0 Å². The molecule has 2 aromatic rings. The van der Waals surface area contributed by atoms with Crippen molar-refractivity contribution in [1.29, 1.82) is 0 Å². The number of rotatable bonds is 6. The topological polar surface area (TPSA) is 67.3 Å². The minimum atomic E-state index is -0.230. The molecule has 2 atom stereocenters. The zero-order valence-electron chi connectivity index (χ0n) is 16.1. The molecule has 0 unspecified atom stereocenters. The lowest BCUT2D eigenvalue weighted by Crippen LogP contribution is -2.34. The van der Waals surface area contributed by atoms with Crippen LogP contribution in [-0.2, 0) is 6.42 Å². The van der Waals surface area contributed by atoms with E-state index in [0.717, 1.165) is 67.5 Å². The van der Waals surface area contributed by atoms with Crippen molar-refractivity contribution in [3.05, 3.63) is 16.8 Å². The first kappa shape index (κ1) is 20.8. The summed E-state index contributed by atoms with van der Waals surface area (Å²) in [5.74, 6) is 1.17. The first-order valence-electron chi connectivity index (χ1n) is 9.97. The third-order valence-electron chi connectivity index (χ3n) is 6.08. The van der Waals surface area contributed by atoms with Gasteiger partial charge in [-0.25, -0.2) is 9.97 Å². The third-order valence-corrected chi connectivity index (χ3v) is 7.26. The fourth-order valence-corrected chi connectivity index (χ4v) is 5.72. The standard InChI is InChI=1S/C20H29N3O2S.ClH/c1-3-14(24)10-12-4-9-16-17(12)18-19(22-11-23-20(18)26-16)25-15-7-5-13(21-2)6-8-15;/h11-15,21,24H,3-10H2,1-2H3;1H/t12-,13?,14-,15?;/m1./s1. The molecule has 0 aliphatic heterocycles. The van der Waals surface area contributed by atoms with Gasteiger partial charge in [-0.15, -0.1) is 23.7 Å². The summed E-state index contributed by atoms with van der Waals surface area (Å²) < 4.78 is 6.39. The molecule has 1 fully saturated rings. The van der Waals surface area contributed by atoms with Crippen LogP contribution in [0.1, 0.15) is 68.2 Å². The minimum Gasteiger partial charge on any atom is -0.474 e. The lowest BCUT2D eigenvalue weighted by Gasteiger charge is -2.28. The number of ether oxygens (including phenoxy) is 1. The van der Waals surface area contributed by atoms with E-state index in [9.17, 15) is 5.11 Å². The highest BCUT2D eigenvalue weighted by Crippen LogP contribution is 2.47. The second kappa shape index (κ2) is 9.03. The van der Waals surface area contributed by atoms with Crippen LogP contribution in [-0.4, -0.2) is 40.4 Å². The number of fused-ring (bicyclic) bond motifs is 3. The summed E-state index contributed by atoms with van der Waals surface area (Å²) >= 11 is 1.78. The molecule has 0 amide bonds. The average molecular weight is 412 g/mol. The van der Waals surface area contributed by atoms with Gasteiger partial charge < -0.3 is 15.2 Å². The number of nitrogens with one attached hydrogen (secondary N) is 1. The summed E-state index contributed by atoms with van der Waals surface area (Å²) in [6.45, 7) is 2.05. The molecular weight excluding hydrogens is 382 g/mol. The van der Waals surface area contributed by atoms with E-state index < -0.39 is 0 Å². The van der Waals surface area contributed by atoms with Gasteiger partial charge in [0.1, 0.15) is 17.3 Å². The Morgan fingerprint density at radius 1 is 1.26 bits per heavy atom. The molecule has 2 aromatic heterocycles. The molecule has 0 saturated heterocycles. The van der Waals surface area contributed by atoms with Crippen LogP contribution in [0.2, 0.25) is 0 Å². The van der Waals surface area contributed by atoms with Gasteiger partial charge in [-0.2, -0.15) is 0 Å². The number of aliphatic hydroxyl groups excluding tert-OH is 1. The molecular formula is C20H30ClN3O2S. The first-order valence-corrected chi connectivity index (χ1v) is 10.8. The highest BCUT2D eigenvalue weighted by atomic mass is 35.5. The van der Waals surface area contributed by atoms with Crippen LogP contribution in [0.3, 0.4) is 0 Å². The Hall–Kier alpha value is -0.950. The summed E-state index contributed by atoms with van der Waals surface area (Å²) in [6.07, 6.45) is 9.95. The molecule has 0 spiro atoms. The number of nitrogens with zero attached hydrogens (tertiary/aromatic N) is 2. The normalized spacial score (nSPS) is 25.8. The van der Waals surface area contributed by atoms with E-state index in [-0.39, 0.29) is 24.6 Å². The highest BCUT2D eigenvalue weighted by molar-refractivity contribution is 7.19. The van der Waals surface area contributed by atoms with Gasteiger partial charge in [-0.3, -0.25) is 0 Å². The van der Waals surface area contributed by atoms with Crippen molar-refractivity contribution in [1.82, 2.24) is 15.3 Å². The molecule has 27 heavy (non-hydrogen) atoms. The minimum absolute atomic E-state index is 0. The Bertz CT molecular complexity index is 761. The molecule has 2 aliphatic carbocycles. The quantitative estimate of drug-likeness (QED) is 0.745. The van der Waals surface area contributed by atoms with Crippen molar-refractivity contribution in [3.63, 3.8) is 0 Å². The van der Waals surface area contributed by atoms with E-state index in [0.29, 0.717) is 12.0 Å². The number of hydrogen-bond acceptors (Lipinski definition) is 6. The van der Waals surface area contributed by atoms with Gasteiger partial charge in [-0.1, -0.05) is 6.92 Å². The SMILES string of the molecule is CC[C@@H](O)C[C@H]1CCc2sc3ncnc(OC4CCC(NC)CC4)c3c21.Cl. The third kappa shape index (κ3) is 4.24. The lowest BCUT2D eigenvalue weighted by molar-refractivity contribution is 0.137. The first-order chi connectivity index (χ1) is 12.7. The largest absolute Gasteiger partial charge is 0.474 e. The van der Waals surface area contributed by atoms with E-state index in [1.165, 1.54) is 10.4 Å². The number of aliphatic hydroxyl groups is 1. The molecule has 2 heterocycles. The number of aryl methyl sites for hydroxylation is 1. The van der Waals surface area contributed by atoms with Crippen molar-refractivity contribution in [2.75, 3.05) is 7.05 Å². The zero-order chi connectivity index (χ0) is 18.1. The van der Waals surface area contributed by atoms with Crippen LogP contribution in [0.25, 0.3) is 10.2 Å². The lowest BCUT2D eigenvalue weighted by atomic mass is 9.92. The van der Waals surface area contributed by atoms with E-state index in [4.69, 9.17) is 4.74 Å². The van der Waals surface area contributed by atoms with Crippen LogP contribution in [0, 0.1) is 0 Å². The van der Waals surface area contributed by atoms with Crippen molar-refractivity contribution in [3.8, 4) is 5.88 Å². The number of thiophene rings is 1. The van der Waals surface area contributed by atoms with E-state index >= 15 is 0 Å². The highest BCUT2D eigenvalue weighted by Gasteiger charge is 2.32. The molecule has 5 nitrogen and oxygen atoms in total. The molecule has 2 N–H and O–H groups in total. The molecule has 0 bridgehead atoms. The Morgan fingerprint density at radius 3 is 2.74 bits per heavy atom. The smallest absolute Gasteiger partial charge is 0.225 e. The van der Waals surface area contributed by atoms with Crippen LogP contribution >= 0.6 is 23.7 Å². The number of aromatic nitrogens is 2. The Kier molecular flexibility index (Phi) is 6.95. The summed E-state index contributed by atoms with van der Waals surface area (Å²) in [7, 11) is 2.04. The Morgan fingerprint density at radius 2 is 2.04 bits per heavy atom. The second-order valence-corrected chi connectivity index (χ2v) is 8.80. The Labute approximate surface area is 171 Å². The summed E-state index contributed by atoms with van der Waals surface area (Å²) in [5, 5.41) is 14.7.